The summed E-state index contributed by atoms with van der Waals surface area (Å²) in [7, 11) is 0. The minimum atomic E-state index is 0.120. The Morgan fingerprint density at radius 3 is 2.60 bits per heavy atom. The fraction of sp³-hybridized carbons (Fsp3) is 0.588. The predicted molar refractivity (Wildman–Crippen MR) is 86.6 cm³/mol. The van der Waals surface area contributed by atoms with E-state index < -0.39 is 0 Å². The summed E-state index contributed by atoms with van der Waals surface area (Å²) >= 11 is 0. The molecule has 1 rings (SSSR count). The molecule has 0 aliphatic rings. The van der Waals surface area contributed by atoms with E-state index in [0.29, 0.717) is 0 Å². The second-order valence-electron chi connectivity index (χ2n) is 6.25. The number of hydrogen-bond acceptors (Lipinski definition) is 3. The molecule has 0 fully saturated rings. The van der Waals surface area contributed by atoms with Gasteiger partial charge in [-0.2, -0.15) is 0 Å². The van der Waals surface area contributed by atoms with E-state index in [1.807, 2.05) is 6.08 Å². The van der Waals surface area contributed by atoms with Crippen LogP contribution in [0.4, 0.5) is 0 Å². The van der Waals surface area contributed by atoms with Crippen molar-refractivity contribution in [3.8, 4) is 0 Å². The minimum Gasteiger partial charge on any atom is -0.306 e. The lowest BCUT2D eigenvalue weighted by molar-refractivity contribution is 0.291. The Kier molecular flexibility index (Phi) is 6.89. The van der Waals surface area contributed by atoms with Crippen molar-refractivity contribution in [1.82, 2.24) is 15.2 Å². The molecule has 0 radical (unpaired) electrons. The second-order valence-corrected chi connectivity index (χ2v) is 6.25. The molecule has 0 bridgehead atoms. The van der Waals surface area contributed by atoms with Crippen molar-refractivity contribution in [2.45, 2.75) is 52.7 Å². The normalized spacial score (nSPS) is 11.8. The molecule has 0 saturated heterocycles. The number of rotatable bonds is 8. The lowest BCUT2D eigenvalue weighted by Gasteiger charge is -2.21. The van der Waals surface area contributed by atoms with Gasteiger partial charge in [-0.05, 0) is 45.9 Å². The van der Waals surface area contributed by atoms with E-state index in [-0.39, 0.29) is 5.54 Å². The largest absolute Gasteiger partial charge is 0.306 e. The van der Waals surface area contributed by atoms with Gasteiger partial charge in [-0.25, -0.2) is 0 Å². The molecule has 0 aromatic carbocycles. The first-order valence-corrected chi connectivity index (χ1v) is 7.47. The lowest BCUT2D eigenvalue weighted by atomic mass is 10.1. The first-order valence-electron chi connectivity index (χ1n) is 7.47. The summed E-state index contributed by atoms with van der Waals surface area (Å²) < 4.78 is 0. The van der Waals surface area contributed by atoms with E-state index in [1.165, 1.54) is 0 Å². The monoisotopic (exact) mass is 275 g/mol. The maximum Gasteiger partial charge on any atom is 0.0547 e. The third-order valence-corrected chi connectivity index (χ3v) is 2.98. The van der Waals surface area contributed by atoms with Gasteiger partial charge in [0.1, 0.15) is 0 Å². The Hall–Kier alpha value is -1.19. The molecule has 0 atom stereocenters. The molecule has 3 nitrogen and oxygen atoms in total. The fourth-order valence-corrected chi connectivity index (χ4v) is 2.03. The Labute approximate surface area is 124 Å². The molecule has 0 amide bonds. The minimum absolute atomic E-state index is 0.120. The Morgan fingerprint density at radius 2 is 2.00 bits per heavy atom. The number of hydrogen-bond donors (Lipinski definition) is 1. The van der Waals surface area contributed by atoms with Gasteiger partial charge in [-0.15, -0.1) is 6.58 Å². The van der Waals surface area contributed by atoms with Crippen molar-refractivity contribution >= 4 is 0 Å². The van der Waals surface area contributed by atoms with Crippen molar-refractivity contribution in [2.24, 2.45) is 0 Å². The SMILES string of the molecule is C=CCN(CCC)Cc1cccc(CNC(C)(C)C)n1. The average molecular weight is 275 g/mol. The average Bonchev–Trinajstić information content (AvgIpc) is 2.37. The van der Waals surface area contributed by atoms with Gasteiger partial charge in [0.2, 0.25) is 0 Å². The molecule has 0 unspecified atom stereocenters. The van der Waals surface area contributed by atoms with Gasteiger partial charge in [0.15, 0.2) is 0 Å². The second kappa shape index (κ2) is 8.18. The van der Waals surface area contributed by atoms with Gasteiger partial charge in [0, 0.05) is 25.2 Å². The molecule has 1 aromatic rings. The first kappa shape index (κ1) is 16.9. The van der Waals surface area contributed by atoms with E-state index in [0.717, 1.165) is 44.0 Å². The van der Waals surface area contributed by atoms with Gasteiger partial charge in [0.05, 0.1) is 11.4 Å². The zero-order valence-corrected chi connectivity index (χ0v) is 13.4. The summed E-state index contributed by atoms with van der Waals surface area (Å²) in [6.07, 6.45) is 3.11. The van der Waals surface area contributed by atoms with Crippen LogP contribution in [-0.2, 0) is 13.1 Å². The van der Waals surface area contributed by atoms with Crippen LogP contribution >= 0.6 is 0 Å². The summed E-state index contributed by atoms with van der Waals surface area (Å²) in [5.74, 6) is 0. The lowest BCUT2D eigenvalue weighted by Crippen LogP contribution is -2.35. The third-order valence-electron chi connectivity index (χ3n) is 2.98. The molecule has 3 heteroatoms. The van der Waals surface area contributed by atoms with Crippen molar-refractivity contribution in [1.29, 1.82) is 0 Å². The number of pyridine rings is 1. The molecule has 0 saturated carbocycles. The maximum atomic E-state index is 4.74. The molecule has 1 aromatic heterocycles. The highest BCUT2D eigenvalue weighted by atomic mass is 15.1. The number of aromatic nitrogens is 1. The molecular weight excluding hydrogens is 246 g/mol. The van der Waals surface area contributed by atoms with Gasteiger partial charge < -0.3 is 5.32 Å². The fourth-order valence-electron chi connectivity index (χ4n) is 2.03. The topological polar surface area (TPSA) is 28.2 Å². The van der Waals surface area contributed by atoms with Crippen LogP contribution in [0.5, 0.6) is 0 Å². The van der Waals surface area contributed by atoms with Gasteiger partial charge in [-0.3, -0.25) is 9.88 Å². The highest BCUT2D eigenvalue weighted by Gasteiger charge is 2.09. The first-order chi connectivity index (χ1) is 9.44. The highest BCUT2D eigenvalue weighted by Crippen LogP contribution is 2.07. The van der Waals surface area contributed by atoms with Crippen LogP contribution in [0, 0.1) is 0 Å². The van der Waals surface area contributed by atoms with Gasteiger partial charge in [-0.1, -0.05) is 19.1 Å². The Bertz CT molecular complexity index is 407. The van der Waals surface area contributed by atoms with Crippen LogP contribution in [0.1, 0.15) is 45.5 Å². The van der Waals surface area contributed by atoms with E-state index in [2.05, 4.69) is 62.7 Å². The quantitative estimate of drug-likeness (QED) is 0.737. The van der Waals surface area contributed by atoms with Crippen LogP contribution in [0.2, 0.25) is 0 Å². The van der Waals surface area contributed by atoms with Crippen LogP contribution in [-0.4, -0.2) is 28.5 Å². The molecule has 0 spiro atoms. The van der Waals surface area contributed by atoms with Crippen molar-refractivity contribution in [3.63, 3.8) is 0 Å². The van der Waals surface area contributed by atoms with Crippen molar-refractivity contribution in [2.75, 3.05) is 13.1 Å². The zero-order valence-electron chi connectivity index (χ0n) is 13.4. The Morgan fingerprint density at radius 1 is 1.30 bits per heavy atom. The van der Waals surface area contributed by atoms with E-state index in [1.54, 1.807) is 0 Å². The summed E-state index contributed by atoms with van der Waals surface area (Å²) in [5.41, 5.74) is 2.36. The number of nitrogens with zero attached hydrogens (tertiary/aromatic N) is 2. The predicted octanol–water partition coefficient (Wildman–Crippen LogP) is 3.37. The van der Waals surface area contributed by atoms with Gasteiger partial charge >= 0.3 is 0 Å². The maximum absolute atomic E-state index is 4.74. The van der Waals surface area contributed by atoms with Crippen LogP contribution in [0.3, 0.4) is 0 Å². The van der Waals surface area contributed by atoms with Crippen LogP contribution in [0.25, 0.3) is 0 Å². The highest BCUT2D eigenvalue weighted by molar-refractivity contribution is 5.11. The van der Waals surface area contributed by atoms with Crippen molar-refractivity contribution in [3.05, 3.63) is 42.2 Å². The molecule has 1 heterocycles. The van der Waals surface area contributed by atoms with Crippen molar-refractivity contribution < 1.29 is 0 Å². The summed E-state index contributed by atoms with van der Waals surface area (Å²) in [6, 6.07) is 6.28. The molecule has 1 N–H and O–H groups in total. The van der Waals surface area contributed by atoms with Crippen LogP contribution < -0.4 is 5.32 Å². The Balaban J connectivity index is 2.64. The van der Waals surface area contributed by atoms with E-state index in [4.69, 9.17) is 4.98 Å². The third kappa shape index (κ3) is 6.83. The van der Waals surface area contributed by atoms with E-state index >= 15 is 0 Å². The smallest absolute Gasteiger partial charge is 0.0547 e. The molecular formula is C17H29N3. The van der Waals surface area contributed by atoms with E-state index in [9.17, 15) is 0 Å². The summed E-state index contributed by atoms with van der Waals surface area (Å²) in [6.45, 7) is 16.2. The van der Waals surface area contributed by atoms with Crippen LogP contribution in [0.15, 0.2) is 30.9 Å². The summed E-state index contributed by atoms with van der Waals surface area (Å²) in [5, 5.41) is 3.48. The molecule has 20 heavy (non-hydrogen) atoms. The molecule has 112 valence electrons. The zero-order chi connectivity index (χ0) is 15.0. The summed E-state index contributed by atoms with van der Waals surface area (Å²) in [4.78, 5) is 7.11. The standard InChI is InChI=1S/C17H29N3/c1-6-11-20(12-7-2)14-16-10-8-9-15(19-16)13-18-17(3,4)5/h6,8-10,18H,1,7,11-14H2,2-5H3. The molecule has 0 aliphatic carbocycles. The molecule has 0 aliphatic heterocycles. The van der Waals surface area contributed by atoms with Gasteiger partial charge in [0.25, 0.3) is 0 Å². The number of nitrogens with one attached hydrogen (secondary N) is 1.